The Morgan fingerprint density at radius 1 is 0.258 bits per heavy atom. The maximum absolute atomic E-state index is 13.1. The van der Waals surface area contributed by atoms with E-state index in [1.807, 2.05) is 0 Å². The molecule has 0 amide bonds. The van der Waals surface area contributed by atoms with Crippen LogP contribution in [0.3, 0.4) is 0 Å². The lowest BCUT2D eigenvalue weighted by atomic mass is 10.0. The first kappa shape index (κ1) is 91.1. The molecule has 552 valence electrons. The van der Waals surface area contributed by atoms with Gasteiger partial charge in [-0.05, 0) is 25.7 Å². The zero-order valence-electron chi connectivity index (χ0n) is 60.2. The van der Waals surface area contributed by atoms with Gasteiger partial charge in [-0.3, -0.25) is 37.3 Å². The van der Waals surface area contributed by atoms with Crippen LogP contribution in [0.15, 0.2) is 0 Å². The van der Waals surface area contributed by atoms with Crippen LogP contribution in [-0.2, 0) is 65.4 Å². The fourth-order valence-electron chi connectivity index (χ4n) is 11.4. The van der Waals surface area contributed by atoms with Gasteiger partial charge in [-0.2, -0.15) is 0 Å². The van der Waals surface area contributed by atoms with E-state index in [2.05, 4.69) is 27.7 Å². The fraction of sp³-hybridized carbons (Fsp3) is 0.946. The second-order valence-electron chi connectivity index (χ2n) is 26.7. The first-order chi connectivity index (χ1) is 45.2. The number of aliphatic hydroxyl groups excluding tert-OH is 1. The normalized spacial score (nSPS) is 13.9. The van der Waals surface area contributed by atoms with Gasteiger partial charge in [0, 0.05) is 25.7 Å². The minimum atomic E-state index is -4.95. The van der Waals surface area contributed by atoms with Crippen LogP contribution in [0.2, 0.25) is 0 Å². The summed E-state index contributed by atoms with van der Waals surface area (Å²) in [5.74, 6) is -2.11. The number of rotatable bonds is 75. The number of carbonyl (C=O) groups excluding carboxylic acids is 4. The minimum absolute atomic E-state index is 0.108. The zero-order valence-corrected chi connectivity index (χ0v) is 62.0. The molecular formula is C74H144O17P2. The predicted octanol–water partition coefficient (Wildman–Crippen LogP) is 21.8. The largest absolute Gasteiger partial charge is 0.472 e. The molecule has 0 radical (unpaired) electrons. The van der Waals surface area contributed by atoms with Crippen LogP contribution in [-0.4, -0.2) is 96.7 Å². The Morgan fingerprint density at radius 3 is 0.634 bits per heavy atom. The van der Waals surface area contributed by atoms with Crippen LogP contribution in [0.1, 0.15) is 394 Å². The van der Waals surface area contributed by atoms with Gasteiger partial charge < -0.3 is 33.8 Å². The topological polar surface area (TPSA) is 237 Å². The summed E-state index contributed by atoms with van der Waals surface area (Å²) in [5.41, 5.74) is 0. The Balaban J connectivity index is 5.23. The van der Waals surface area contributed by atoms with Gasteiger partial charge in [0.2, 0.25) is 0 Å². The molecule has 0 heterocycles. The van der Waals surface area contributed by atoms with Crippen LogP contribution in [0, 0.1) is 0 Å². The van der Waals surface area contributed by atoms with Gasteiger partial charge in [0.15, 0.2) is 12.2 Å². The molecule has 0 aliphatic carbocycles. The monoisotopic (exact) mass is 1370 g/mol. The Kier molecular flexibility index (Phi) is 67.1. The van der Waals surface area contributed by atoms with E-state index in [0.29, 0.717) is 25.7 Å². The molecule has 0 saturated heterocycles. The third-order valence-corrected chi connectivity index (χ3v) is 19.3. The first-order valence-electron chi connectivity index (χ1n) is 38.8. The van der Waals surface area contributed by atoms with Crippen LogP contribution in [0.4, 0.5) is 0 Å². The number of ether oxygens (including phenoxy) is 4. The maximum atomic E-state index is 13.1. The number of unbranched alkanes of at least 4 members (excludes halogenated alkanes) is 49. The standard InChI is InChI=1S/C74H144O17P2/c1-5-9-13-17-21-25-29-31-33-35-37-40-43-47-51-55-59-72(77)85-65-70(91-74(79)61-57-53-49-45-41-38-36-34-32-30-26-22-18-14-10-6-2)67-89-93(82,83)87-63-68(75)62-86-92(80,81)88-66-69(64-84-71(76)58-54-50-46-42-28-24-20-16-12-8-4)90-73(78)60-56-52-48-44-39-27-23-19-15-11-7-3/h68-70,75H,5-67H2,1-4H3,(H,80,81)(H,82,83)/t68-,69+,70+/m0/s1. The van der Waals surface area contributed by atoms with E-state index in [4.69, 9.17) is 37.0 Å². The van der Waals surface area contributed by atoms with E-state index in [0.717, 1.165) is 89.9 Å². The number of phosphoric acid groups is 2. The summed E-state index contributed by atoms with van der Waals surface area (Å²) >= 11 is 0. The van der Waals surface area contributed by atoms with Crippen molar-refractivity contribution in [3.8, 4) is 0 Å². The molecule has 0 aliphatic rings. The smallest absolute Gasteiger partial charge is 0.462 e. The summed E-state index contributed by atoms with van der Waals surface area (Å²) in [6.45, 7) is 4.97. The first-order valence-corrected chi connectivity index (χ1v) is 41.8. The van der Waals surface area contributed by atoms with E-state index in [9.17, 15) is 43.2 Å². The van der Waals surface area contributed by atoms with E-state index in [-0.39, 0.29) is 25.7 Å². The predicted molar refractivity (Wildman–Crippen MR) is 377 cm³/mol. The molecule has 3 N–H and O–H groups in total. The molecule has 17 nitrogen and oxygen atoms in total. The summed E-state index contributed by atoms with van der Waals surface area (Å²) in [5, 5.41) is 10.6. The third-order valence-electron chi connectivity index (χ3n) is 17.4. The lowest BCUT2D eigenvalue weighted by molar-refractivity contribution is -0.161. The highest BCUT2D eigenvalue weighted by atomic mass is 31.2. The lowest BCUT2D eigenvalue weighted by Crippen LogP contribution is -2.30. The lowest BCUT2D eigenvalue weighted by Gasteiger charge is -2.21. The molecule has 0 aromatic carbocycles. The molecule has 0 spiro atoms. The average Bonchev–Trinajstić information content (AvgIpc) is 2.11. The third kappa shape index (κ3) is 68.4. The summed E-state index contributed by atoms with van der Waals surface area (Å²) in [6, 6.07) is 0. The van der Waals surface area contributed by atoms with Crippen LogP contribution < -0.4 is 0 Å². The number of phosphoric ester groups is 2. The molecule has 5 atom stereocenters. The Bertz CT molecular complexity index is 1770. The Hall–Kier alpha value is -1.94. The van der Waals surface area contributed by atoms with E-state index >= 15 is 0 Å². The van der Waals surface area contributed by atoms with Crippen molar-refractivity contribution in [1.29, 1.82) is 0 Å². The van der Waals surface area contributed by atoms with Gasteiger partial charge in [0.25, 0.3) is 0 Å². The van der Waals surface area contributed by atoms with Gasteiger partial charge in [-0.25, -0.2) is 9.13 Å². The van der Waals surface area contributed by atoms with Gasteiger partial charge >= 0.3 is 39.5 Å². The molecule has 0 aromatic heterocycles. The maximum Gasteiger partial charge on any atom is 0.472 e. The zero-order chi connectivity index (χ0) is 68.2. The van der Waals surface area contributed by atoms with Gasteiger partial charge in [-0.1, -0.05) is 342 Å². The fourth-order valence-corrected chi connectivity index (χ4v) is 13.0. The van der Waals surface area contributed by atoms with Crippen LogP contribution >= 0.6 is 15.6 Å². The second kappa shape index (κ2) is 68.6. The van der Waals surface area contributed by atoms with Gasteiger partial charge in [0.1, 0.15) is 19.3 Å². The molecule has 2 unspecified atom stereocenters. The average molecular weight is 1370 g/mol. The molecule has 0 fully saturated rings. The van der Waals surface area contributed by atoms with Crippen LogP contribution in [0.25, 0.3) is 0 Å². The van der Waals surface area contributed by atoms with Crippen molar-refractivity contribution in [2.45, 2.75) is 412 Å². The van der Waals surface area contributed by atoms with Crippen molar-refractivity contribution in [1.82, 2.24) is 0 Å². The van der Waals surface area contributed by atoms with Crippen molar-refractivity contribution in [3.05, 3.63) is 0 Å². The number of hydrogen-bond donors (Lipinski definition) is 3. The Labute approximate surface area is 568 Å². The molecule has 0 saturated carbocycles. The van der Waals surface area contributed by atoms with Crippen molar-refractivity contribution in [3.63, 3.8) is 0 Å². The molecule has 93 heavy (non-hydrogen) atoms. The molecule has 0 rings (SSSR count). The second-order valence-corrected chi connectivity index (χ2v) is 29.6. The minimum Gasteiger partial charge on any atom is -0.462 e. The van der Waals surface area contributed by atoms with Crippen molar-refractivity contribution in [2.75, 3.05) is 39.6 Å². The highest BCUT2D eigenvalue weighted by molar-refractivity contribution is 7.47. The van der Waals surface area contributed by atoms with Crippen molar-refractivity contribution in [2.24, 2.45) is 0 Å². The van der Waals surface area contributed by atoms with Crippen LogP contribution in [0.5, 0.6) is 0 Å². The summed E-state index contributed by atoms with van der Waals surface area (Å²) < 4.78 is 68.4. The number of aliphatic hydroxyl groups is 1. The summed E-state index contributed by atoms with van der Waals surface area (Å²) in [4.78, 5) is 72.7. The molecule has 0 bridgehead atoms. The van der Waals surface area contributed by atoms with E-state index in [1.165, 1.54) is 225 Å². The number of carbonyl (C=O) groups is 4. The SMILES string of the molecule is CCCCCCCCCCCCCCCCCCC(=O)OC[C@H](COP(=O)(O)OC[C@@H](O)COP(=O)(O)OC[C@@H](COC(=O)CCCCCCCCCCCC)OC(=O)CCCCCCCCCCCCC)OC(=O)CCCCCCCCCCCCCCCCCC. The summed E-state index contributed by atoms with van der Waals surface area (Å²) in [6.07, 6.45) is 58.1. The molecule has 19 heteroatoms. The summed E-state index contributed by atoms with van der Waals surface area (Å²) in [7, 11) is -9.90. The van der Waals surface area contributed by atoms with E-state index in [1.54, 1.807) is 0 Å². The molecular weight excluding hydrogens is 1220 g/mol. The van der Waals surface area contributed by atoms with Crippen molar-refractivity contribution < 1.29 is 80.2 Å². The highest BCUT2D eigenvalue weighted by Gasteiger charge is 2.30. The van der Waals surface area contributed by atoms with E-state index < -0.39 is 97.5 Å². The quantitative estimate of drug-likeness (QED) is 0.0222. The van der Waals surface area contributed by atoms with Gasteiger partial charge in [-0.15, -0.1) is 0 Å². The molecule has 0 aliphatic heterocycles. The Morgan fingerprint density at radius 2 is 0.430 bits per heavy atom. The van der Waals surface area contributed by atoms with Gasteiger partial charge in [0.05, 0.1) is 26.4 Å². The number of esters is 4. The molecule has 0 aromatic rings. The number of hydrogen-bond acceptors (Lipinski definition) is 15. The highest BCUT2D eigenvalue weighted by Crippen LogP contribution is 2.45. The van der Waals surface area contributed by atoms with Crippen molar-refractivity contribution >= 4 is 39.5 Å².